The van der Waals surface area contributed by atoms with Crippen molar-refractivity contribution in [1.29, 1.82) is 0 Å². The molecule has 1 aromatic carbocycles. The Balaban J connectivity index is 1.73. The number of halogens is 2. The van der Waals surface area contributed by atoms with E-state index in [0.717, 1.165) is 25.0 Å². The monoisotopic (exact) mass is 431 g/mol. The van der Waals surface area contributed by atoms with Gasteiger partial charge < -0.3 is 20.2 Å². The van der Waals surface area contributed by atoms with Crippen molar-refractivity contribution in [3.63, 3.8) is 0 Å². The summed E-state index contributed by atoms with van der Waals surface area (Å²) in [7, 11) is 0. The minimum Gasteiger partial charge on any atom is -0.448 e. The zero-order valence-electron chi connectivity index (χ0n) is 17.2. The van der Waals surface area contributed by atoms with Crippen LogP contribution in [-0.2, 0) is 4.74 Å². The molecule has 2 N–H and O–H groups in total. The fraction of sp³-hybridized carbons (Fsp3) is 0.381. The number of hydrogen-bond acceptors (Lipinski definition) is 7. The van der Waals surface area contributed by atoms with Crippen molar-refractivity contribution in [2.24, 2.45) is 0 Å². The SMILES string of the molecule is CC(C)Nn1c(=O)c(Oc2ccc(F)cc2F)cc2cnc(NC3CCOCC3)nc21. The maximum atomic E-state index is 14.0. The second-order valence-electron chi connectivity index (χ2n) is 7.61. The molecule has 4 rings (SSSR count). The lowest BCUT2D eigenvalue weighted by Gasteiger charge is -2.23. The van der Waals surface area contributed by atoms with Crippen LogP contribution in [0.15, 0.2) is 35.3 Å². The van der Waals surface area contributed by atoms with Gasteiger partial charge in [0.2, 0.25) is 5.95 Å². The molecule has 1 aliphatic heterocycles. The number of hydrogen-bond donors (Lipinski definition) is 2. The topological polar surface area (TPSA) is 90.3 Å². The molecular weight excluding hydrogens is 408 g/mol. The van der Waals surface area contributed by atoms with E-state index in [1.165, 1.54) is 10.7 Å². The number of benzene rings is 1. The lowest BCUT2D eigenvalue weighted by atomic mass is 10.1. The molecule has 164 valence electrons. The zero-order valence-corrected chi connectivity index (χ0v) is 17.2. The van der Waals surface area contributed by atoms with Gasteiger partial charge in [-0.15, -0.1) is 0 Å². The van der Waals surface area contributed by atoms with E-state index in [9.17, 15) is 13.6 Å². The summed E-state index contributed by atoms with van der Waals surface area (Å²) in [5.74, 6) is -1.64. The molecule has 0 spiro atoms. The average Bonchev–Trinajstić information content (AvgIpc) is 2.74. The Kier molecular flexibility index (Phi) is 5.99. The lowest BCUT2D eigenvalue weighted by molar-refractivity contribution is 0.0903. The standard InChI is InChI=1S/C21H23F2N5O3/c1-12(2)27-28-19-13(11-24-21(26-19)25-15-5-7-30-8-6-15)9-18(20(28)29)31-17-4-3-14(22)10-16(17)23/h3-4,9-12,15,27H,5-8H2,1-2H3,(H,24,25,26). The van der Waals surface area contributed by atoms with Crippen molar-refractivity contribution in [2.75, 3.05) is 24.0 Å². The summed E-state index contributed by atoms with van der Waals surface area (Å²) in [5.41, 5.74) is 2.83. The van der Waals surface area contributed by atoms with Gasteiger partial charge >= 0.3 is 5.56 Å². The fourth-order valence-corrected chi connectivity index (χ4v) is 3.29. The first-order valence-corrected chi connectivity index (χ1v) is 10.1. The molecule has 31 heavy (non-hydrogen) atoms. The number of pyridine rings is 1. The van der Waals surface area contributed by atoms with Crippen LogP contribution in [0.4, 0.5) is 14.7 Å². The van der Waals surface area contributed by atoms with E-state index in [0.29, 0.717) is 36.3 Å². The van der Waals surface area contributed by atoms with Crippen molar-refractivity contribution in [2.45, 2.75) is 38.8 Å². The van der Waals surface area contributed by atoms with E-state index in [1.807, 2.05) is 13.8 Å². The minimum atomic E-state index is -0.907. The highest BCUT2D eigenvalue weighted by Crippen LogP contribution is 2.25. The molecule has 10 heteroatoms. The molecule has 1 fully saturated rings. The molecule has 0 amide bonds. The van der Waals surface area contributed by atoms with E-state index >= 15 is 0 Å². The van der Waals surface area contributed by atoms with E-state index in [4.69, 9.17) is 9.47 Å². The highest BCUT2D eigenvalue weighted by Gasteiger charge is 2.18. The molecule has 0 radical (unpaired) electrons. The molecule has 2 aromatic heterocycles. The molecule has 0 aliphatic carbocycles. The number of nitrogens with zero attached hydrogens (tertiary/aromatic N) is 3. The molecule has 8 nitrogen and oxygen atoms in total. The third-order valence-corrected chi connectivity index (χ3v) is 4.76. The summed E-state index contributed by atoms with van der Waals surface area (Å²) in [6, 6.07) is 4.41. The summed E-state index contributed by atoms with van der Waals surface area (Å²) < 4.78 is 39.3. The van der Waals surface area contributed by atoms with Gasteiger partial charge in [-0.25, -0.2) is 18.4 Å². The van der Waals surface area contributed by atoms with E-state index in [2.05, 4.69) is 20.7 Å². The Morgan fingerprint density at radius 3 is 2.68 bits per heavy atom. The van der Waals surface area contributed by atoms with E-state index in [1.54, 1.807) is 6.20 Å². The van der Waals surface area contributed by atoms with Gasteiger partial charge in [-0.3, -0.25) is 4.79 Å². The van der Waals surface area contributed by atoms with E-state index < -0.39 is 17.2 Å². The predicted molar refractivity (Wildman–Crippen MR) is 112 cm³/mol. The number of rotatable bonds is 6. The molecule has 0 bridgehead atoms. The van der Waals surface area contributed by atoms with Gasteiger partial charge in [-0.1, -0.05) is 0 Å². The average molecular weight is 431 g/mol. The molecule has 1 saturated heterocycles. The predicted octanol–water partition coefficient (Wildman–Crippen LogP) is 3.40. The molecule has 0 atom stereocenters. The minimum absolute atomic E-state index is 0.0967. The molecule has 0 unspecified atom stereocenters. The lowest BCUT2D eigenvalue weighted by Crippen LogP contribution is -2.34. The number of aromatic nitrogens is 3. The number of fused-ring (bicyclic) bond motifs is 1. The summed E-state index contributed by atoms with van der Waals surface area (Å²) in [6.07, 6.45) is 3.25. The maximum absolute atomic E-state index is 14.0. The summed E-state index contributed by atoms with van der Waals surface area (Å²) in [4.78, 5) is 21.9. The van der Waals surface area contributed by atoms with Gasteiger partial charge in [0.1, 0.15) is 5.82 Å². The largest absolute Gasteiger partial charge is 0.448 e. The van der Waals surface area contributed by atoms with Crippen LogP contribution in [-0.4, -0.2) is 39.9 Å². The quantitative estimate of drug-likeness (QED) is 0.618. The van der Waals surface area contributed by atoms with Gasteiger partial charge in [-0.2, -0.15) is 4.98 Å². The van der Waals surface area contributed by atoms with Crippen LogP contribution in [0.25, 0.3) is 11.0 Å². The zero-order chi connectivity index (χ0) is 22.0. The van der Waals surface area contributed by atoms with Gasteiger partial charge in [0.25, 0.3) is 0 Å². The van der Waals surface area contributed by atoms with Crippen LogP contribution < -0.4 is 21.0 Å². The Hall–Kier alpha value is -3.27. The Labute approximate surface area is 177 Å². The number of anilines is 1. The van der Waals surface area contributed by atoms with Crippen LogP contribution in [0.1, 0.15) is 26.7 Å². The summed E-state index contributed by atoms with van der Waals surface area (Å²) >= 11 is 0. The first-order valence-electron chi connectivity index (χ1n) is 10.1. The maximum Gasteiger partial charge on any atom is 0.313 e. The summed E-state index contributed by atoms with van der Waals surface area (Å²) in [6.45, 7) is 5.08. The first kappa shape index (κ1) is 21.0. The highest BCUT2D eigenvalue weighted by molar-refractivity contribution is 5.77. The van der Waals surface area contributed by atoms with Crippen molar-refractivity contribution >= 4 is 17.0 Å². The van der Waals surface area contributed by atoms with Gasteiger partial charge in [0, 0.05) is 42.9 Å². The van der Waals surface area contributed by atoms with Crippen LogP contribution >= 0.6 is 0 Å². The second kappa shape index (κ2) is 8.84. The van der Waals surface area contributed by atoms with Crippen LogP contribution in [0.2, 0.25) is 0 Å². The first-order chi connectivity index (χ1) is 14.9. The van der Waals surface area contributed by atoms with Crippen LogP contribution in [0.3, 0.4) is 0 Å². The molecule has 3 heterocycles. The van der Waals surface area contributed by atoms with Crippen molar-refractivity contribution in [1.82, 2.24) is 14.6 Å². The molecule has 1 aliphatic rings. The third kappa shape index (κ3) is 4.74. The Bertz CT molecular complexity index is 1150. The normalized spacial score (nSPS) is 14.7. The molecular formula is C21H23F2N5O3. The fourth-order valence-electron chi connectivity index (χ4n) is 3.29. The third-order valence-electron chi connectivity index (χ3n) is 4.76. The number of ether oxygens (including phenoxy) is 2. The van der Waals surface area contributed by atoms with E-state index in [-0.39, 0.29) is 23.6 Å². The Morgan fingerprint density at radius 1 is 1.19 bits per heavy atom. The molecule has 3 aromatic rings. The van der Waals surface area contributed by atoms with Crippen molar-refractivity contribution in [3.8, 4) is 11.5 Å². The molecule has 0 saturated carbocycles. The van der Waals surface area contributed by atoms with Crippen LogP contribution in [0, 0.1) is 11.6 Å². The smallest absolute Gasteiger partial charge is 0.313 e. The van der Waals surface area contributed by atoms with Crippen LogP contribution in [0.5, 0.6) is 11.5 Å². The van der Waals surface area contributed by atoms with Gasteiger partial charge in [0.05, 0.1) is 0 Å². The summed E-state index contributed by atoms with van der Waals surface area (Å²) in [5, 5.41) is 3.79. The van der Waals surface area contributed by atoms with Crippen molar-refractivity contribution in [3.05, 3.63) is 52.5 Å². The van der Waals surface area contributed by atoms with Gasteiger partial charge in [-0.05, 0) is 44.9 Å². The second-order valence-corrected chi connectivity index (χ2v) is 7.61. The number of nitrogens with one attached hydrogen (secondary N) is 2. The Morgan fingerprint density at radius 2 is 1.97 bits per heavy atom. The highest BCUT2D eigenvalue weighted by atomic mass is 19.1. The van der Waals surface area contributed by atoms with Crippen molar-refractivity contribution < 1.29 is 18.3 Å². The van der Waals surface area contributed by atoms with Gasteiger partial charge in [0.15, 0.2) is 23.0 Å².